The number of thiazole rings is 1. The molecule has 0 amide bonds. The van der Waals surface area contributed by atoms with Crippen molar-refractivity contribution in [2.45, 2.75) is 32.3 Å². The van der Waals surface area contributed by atoms with E-state index in [2.05, 4.69) is 27.9 Å². The van der Waals surface area contributed by atoms with Gasteiger partial charge >= 0.3 is 6.61 Å². The number of ether oxygens (including phenoxy) is 1. The number of hydrogen-bond acceptors (Lipinski definition) is 4. The van der Waals surface area contributed by atoms with E-state index in [9.17, 15) is 8.78 Å². The van der Waals surface area contributed by atoms with Gasteiger partial charge in [-0.05, 0) is 55.5 Å². The Hall–Kier alpha value is -2.80. The Kier molecular flexibility index (Phi) is 5.85. The first kappa shape index (κ1) is 19.5. The summed E-state index contributed by atoms with van der Waals surface area (Å²) in [6, 6.07) is 15.0. The van der Waals surface area contributed by atoms with Crippen LogP contribution < -0.4 is 9.54 Å². The molecule has 1 aliphatic rings. The monoisotopic (exact) mass is 413 g/mol. The van der Waals surface area contributed by atoms with Gasteiger partial charge in [0.15, 0.2) is 0 Å². The standard InChI is InChI=1S/C22H21F2N3OS/c1-25-22-27(26-19-9-5-3-7-15-6-2-4-8-18(15)19)20(14-29-22)16-10-12-17(13-11-16)28-21(23)24/h2,4,6,8,10-14,21H,3,5,7,9H2,1H3. The molecule has 0 aliphatic heterocycles. The molecule has 3 aromatic rings. The third-order valence-corrected chi connectivity index (χ3v) is 5.82. The van der Waals surface area contributed by atoms with Crippen molar-refractivity contribution in [2.24, 2.45) is 10.1 Å². The Bertz CT molecular complexity index is 1080. The lowest BCUT2D eigenvalue weighted by atomic mass is 10.0. The summed E-state index contributed by atoms with van der Waals surface area (Å²) in [4.78, 5) is 5.15. The van der Waals surface area contributed by atoms with E-state index in [-0.39, 0.29) is 5.75 Å². The fourth-order valence-corrected chi connectivity index (χ4v) is 4.34. The van der Waals surface area contributed by atoms with E-state index in [0.29, 0.717) is 0 Å². The quantitative estimate of drug-likeness (QED) is 0.533. The first-order valence-corrected chi connectivity index (χ1v) is 10.4. The molecule has 0 bridgehead atoms. The third kappa shape index (κ3) is 4.29. The highest BCUT2D eigenvalue weighted by Gasteiger charge is 2.16. The highest BCUT2D eigenvalue weighted by Crippen LogP contribution is 2.26. The van der Waals surface area contributed by atoms with E-state index < -0.39 is 6.61 Å². The van der Waals surface area contributed by atoms with Crippen LogP contribution in [-0.2, 0) is 6.42 Å². The van der Waals surface area contributed by atoms with Crippen LogP contribution in [0.4, 0.5) is 8.78 Å². The van der Waals surface area contributed by atoms with Crippen molar-refractivity contribution >= 4 is 17.0 Å². The van der Waals surface area contributed by atoms with Crippen LogP contribution in [0.2, 0.25) is 0 Å². The Morgan fingerprint density at radius 2 is 1.79 bits per heavy atom. The number of aryl methyl sites for hydroxylation is 1. The molecule has 1 aromatic heterocycles. The molecule has 1 aliphatic carbocycles. The summed E-state index contributed by atoms with van der Waals surface area (Å²) < 4.78 is 31.1. The number of hydrogen-bond donors (Lipinski definition) is 0. The van der Waals surface area contributed by atoms with Gasteiger partial charge in [0.25, 0.3) is 0 Å². The van der Waals surface area contributed by atoms with E-state index in [0.717, 1.165) is 47.5 Å². The van der Waals surface area contributed by atoms with Gasteiger partial charge in [0.05, 0.1) is 11.4 Å². The topological polar surface area (TPSA) is 38.9 Å². The van der Waals surface area contributed by atoms with Gasteiger partial charge in [-0.1, -0.05) is 24.3 Å². The molecule has 0 saturated carbocycles. The van der Waals surface area contributed by atoms with E-state index >= 15 is 0 Å². The van der Waals surface area contributed by atoms with Crippen molar-refractivity contribution in [1.82, 2.24) is 4.68 Å². The lowest BCUT2D eigenvalue weighted by Gasteiger charge is -2.10. The SMILES string of the molecule is CN=c1scc(-c2ccc(OC(F)F)cc2)n1N=C1CCCCc2ccccc21. The number of nitrogens with zero attached hydrogens (tertiary/aromatic N) is 3. The Morgan fingerprint density at radius 3 is 2.55 bits per heavy atom. The van der Waals surface area contributed by atoms with Gasteiger partial charge in [-0.25, -0.2) is 4.68 Å². The molecular weight excluding hydrogens is 392 g/mol. The fraction of sp³-hybridized carbons (Fsp3) is 0.273. The third-order valence-electron chi connectivity index (χ3n) is 4.91. The van der Waals surface area contributed by atoms with Crippen molar-refractivity contribution in [3.63, 3.8) is 0 Å². The van der Waals surface area contributed by atoms with Crippen LogP contribution in [-0.4, -0.2) is 24.0 Å². The number of fused-ring (bicyclic) bond motifs is 1. The largest absolute Gasteiger partial charge is 0.435 e. The van der Waals surface area contributed by atoms with Gasteiger partial charge in [-0.2, -0.15) is 13.9 Å². The average Bonchev–Trinajstić information content (AvgIpc) is 3.01. The molecule has 0 unspecified atom stereocenters. The van der Waals surface area contributed by atoms with Crippen LogP contribution in [0.3, 0.4) is 0 Å². The second kappa shape index (κ2) is 8.69. The lowest BCUT2D eigenvalue weighted by Crippen LogP contribution is -2.15. The molecule has 7 heteroatoms. The summed E-state index contributed by atoms with van der Waals surface area (Å²) in [6.07, 6.45) is 4.20. The molecule has 0 spiro atoms. The van der Waals surface area contributed by atoms with Gasteiger partial charge in [0.2, 0.25) is 4.80 Å². The zero-order valence-corrected chi connectivity index (χ0v) is 16.8. The maximum absolute atomic E-state index is 12.4. The first-order chi connectivity index (χ1) is 14.2. The molecular formula is C22H21F2N3OS. The molecule has 29 heavy (non-hydrogen) atoms. The molecule has 4 rings (SSSR count). The maximum Gasteiger partial charge on any atom is 0.387 e. The molecule has 0 N–H and O–H groups in total. The Balaban J connectivity index is 1.78. The Morgan fingerprint density at radius 1 is 1.03 bits per heavy atom. The number of benzene rings is 2. The zero-order chi connectivity index (χ0) is 20.2. The van der Waals surface area contributed by atoms with Gasteiger partial charge in [0, 0.05) is 23.6 Å². The minimum atomic E-state index is -2.83. The molecule has 0 radical (unpaired) electrons. The second-order valence-corrected chi connectivity index (χ2v) is 7.59. The molecule has 150 valence electrons. The normalized spacial score (nSPS) is 16.1. The smallest absolute Gasteiger partial charge is 0.387 e. The summed E-state index contributed by atoms with van der Waals surface area (Å²) in [5.41, 5.74) is 5.30. The number of alkyl halides is 2. The van der Waals surface area contributed by atoms with Crippen LogP contribution in [0.5, 0.6) is 5.75 Å². The zero-order valence-electron chi connectivity index (χ0n) is 16.0. The maximum atomic E-state index is 12.4. The molecule has 0 saturated heterocycles. The van der Waals surface area contributed by atoms with Gasteiger partial charge in [-0.15, -0.1) is 11.3 Å². The van der Waals surface area contributed by atoms with Crippen LogP contribution in [0.15, 0.2) is 64.0 Å². The van der Waals surface area contributed by atoms with Gasteiger partial charge < -0.3 is 4.74 Å². The van der Waals surface area contributed by atoms with Crippen molar-refractivity contribution in [3.8, 4) is 17.0 Å². The molecule has 2 aromatic carbocycles. The highest BCUT2D eigenvalue weighted by atomic mass is 32.1. The summed E-state index contributed by atoms with van der Waals surface area (Å²) in [6.45, 7) is -2.83. The van der Waals surface area contributed by atoms with E-state index in [1.807, 2.05) is 16.1 Å². The number of rotatable bonds is 4. The summed E-state index contributed by atoms with van der Waals surface area (Å²) in [5.74, 6) is 0.134. The van der Waals surface area contributed by atoms with Crippen LogP contribution in [0.25, 0.3) is 11.3 Å². The predicted octanol–water partition coefficient (Wildman–Crippen LogP) is 5.33. The van der Waals surface area contributed by atoms with Crippen molar-refractivity contribution in [3.05, 3.63) is 69.8 Å². The van der Waals surface area contributed by atoms with Gasteiger partial charge in [-0.3, -0.25) is 4.99 Å². The van der Waals surface area contributed by atoms with Crippen LogP contribution in [0, 0.1) is 0 Å². The molecule has 4 nitrogen and oxygen atoms in total. The second-order valence-electron chi connectivity index (χ2n) is 6.75. The highest BCUT2D eigenvalue weighted by molar-refractivity contribution is 7.07. The lowest BCUT2D eigenvalue weighted by molar-refractivity contribution is -0.0498. The van der Waals surface area contributed by atoms with E-state index in [4.69, 9.17) is 5.10 Å². The average molecular weight is 413 g/mol. The molecule has 1 heterocycles. The fourth-order valence-electron chi connectivity index (χ4n) is 3.54. The van der Waals surface area contributed by atoms with E-state index in [1.54, 1.807) is 31.3 Å². The van der Waals surface area contributed by atoms with Crippen molar-refractivity contribution in [1.29, 1.82) is 0 Å². The predicted molar refractivity (Wildman–Crippen MR) is 112 cm³/mol. The first-order valence-electron chi connectivity index (χ1n) is 9.50. The van der Waals surface area contributed by atoms with Gasteiger partial charge in [0.1, 0.15) is 5.75 Å². The minimum Gasteiger partial charge on any atom is -0.435 e. The van der Waals surface area contributed by atoms with E-state index in [1.165, 1.54) is 22.5 Å². The molecule has 0 atom stereocenters. The summed E-state index contributed by atoms with van der Waals surface area (Å²) in [5, 5.41) is 6.98. The number of aromatic nitrogens is 1. The summed E-state index contributed by atoms with van der Waals surface area (Å²) >= 11 is 1.50. The summed E-state index contributed by atoms with van der Waals surface area (Å²) in [7, 11) is 1.74. The number of halogens is 2. The minimum absolute atomic E-state index is 0.134. The Labute approximate surface area is 171 Å². The van der Waals surface area contributed by atoms with Crippen molar-refractivity contribution in [2.75, 3.05) is 7.05 Å². The van der Waals surface area contributed by atoms with Crippen LogP contribution >= 0.6 is 11.3 Å². The molecule has 0 fully saturated rings. The van der Waals surface area contributed by atoms with Crippen molar-refractivity contribution < 1.29 is 13.5 Å². The van der Waals surface area contributed by atoms with Crippen LogP contribution in [0.1, 0.15) is 30.4 Å².